The Bertz CT molecular complexity index is 366. The highest BCUT2D eigenvalue weighted by Gasteiger charge is 2.17. The number of halogens is 1. The first-order valence-corrected chi connectivity index (χ1v) is 6.43. The minimum atomic E-state index is -0.442. The van der Waals surface area contributed by atoms with Crippen molar-refractivity contribution < 1.29 is 9.53 Å². The van der Waals surface area contributed by atoms with E-state index in [4.69, 9.17) is 4.74 Å². The Balaban J connectivity index is 2.79. The van der Waals surface area contributed by atoms with Crippen molar-refractivity contribution in [3.8, 4) is 0 Å². The number of rotatable bonds is 3. The van der Waals surface area contributed by atoms with E-state index in [1.165, 1.54) is 0 Å². The number of ether oxygens (including phenoxy) is 1. The Morgan fingerprint density at radius 1 is 1.38 bits per heavy atom. The fourth-order valence-corrected chi connectivity index (χ4v) is 1.76. The van der Waals surface area contributed by atoms with Crippen LogP contribution in [0.25, 0.3) is 0 Å². The fourth-order valence-electron chi connectivity index (χ4n) is 1.30. The second kappa shape index (κ2) is 5.48. The zero-order valence-electron chi connectivity index (χ0n) is 9.92. The predicted molar refractivity (Wildman–Crippen MR) is 69.1 cm³/mol. The summed E-state index contributed by atoms with van der Waals surface area (Å²) in [5, 5.41) is 0.894. The molecular formula is C13H17BrO2. The number of carbonyl (C=O) groups excluding carboxylic acids is 1. The van der Waals surface area contributed by atoms with E-state index in [1.807, 2.05) is 39.0 Å². The summed E-state index contributed by atoms with van der Waals surface area (Å²) in [7, 11) is 0. The molecule has 0 aliphatic heterocycles. The van der Waals surface area contributed by atoms with Gasteiger partial charge in [0.05, 0.1) is 5.56 Å². The van der Waals surface area contributed by atoms with E-state index in [1.54, 1.807) is 6.07 Å². The topological polar surface area (TPSA) is 26.3 Å². The molecule has 88 valence electrons. The van der Waals surface area contributed by atoms with Gasteiger partial charge in [-0.1, -0.05) is 28.1 Å². The summed E-state index contributed by atoms with van der Waals surface area (Å²) < 4.78 is 5.31. The summed E-state index contributed by atoms with van der Waals surface area (Å²) in [6.45, 7) is 5.60. The van der Waals surface area contributed by atoms with E-state index < -0.39 is 5.60 Å². The summed E-state index contributed by atoms with van der Waals surface area (Å²) in [5.74, 6) is -0.260. The minimum Gasteiger partial charge on any atom is -0.456 e. The zero-order chi connectivity index (χ0) is 12.2. The average molecular weight is 285 g/mol. The van der Waals surface area contributed by atoms with E-state index >= 15 is 0 Å². The number of alkyl halides is 1. The van der Waals surface area contributed by atoms with Gasteiger partial charge in [-0.05, 0) is 44.9 Å². The average Bonchev–Trinajstić information content (AvgIpc) is 2.16. The van der Waals surface area contributed by atoms with Crippen molar-refractivity contribution in [3.63, 3.8) is 0 Å². The predicted octanol–water partition coefficient (Wildman–Crippen LogP) is 3.58. The first-order valence-electron chi connectivity index (χ1n) is 5.30. The van der Waals surface area contributed by atoms with Gasteiger partial charge in [0.15, 0.2) is 0 Å². The van der Waals surface area contributed by atoms with Crippen LogP contribution in [-0.2, 0) is 11.2 Å². The number of aryl methyl sites for hydroxylation is 1. The molecule has 0 bridgehead atoms. The monoisotopic (exact) mass is 284 g/mol. The maximum atomic E-state index is 11.8. The third kappa shape index (κ3) is 4.35. The van der Waals surface area contributed by atoms with Crippen molar-refractivity contribution in [1.82, 2.24) is 0 Å². The quantitative estimate of drug-likeness (QED) is 0.626. The lowest BCUT2D eigenvalue weighted by Crippen LogP contribution is -2.23. The van der Waals surface area contributed by atoms with Crippen LogP contribution in [0.4, 0.5) is 0 Å². The standard InChI is InChI=1S/C13H17BrO2/c1-13(2,3)16-12(15)11-6-4-5-10(9-11)7-8-14/h4-6,9H,7-8H2,1-3H3. The van der Waals surface area contributed by atoms with Gasteiger partial charge in [-0.25, -0.2) is 4.79 Å². The highest BCUT2D eigenvalue weighted by atomic mass is 79.9. The molecule has 0 saturated carbocycles. The molecule has 16 heavy (non-hydrogen) atoms. The molecule has 0 N–H and O–H groups in total. The van der Waals surface area contributed by atoms with Crippen molar-refractivity contribution >= 4 is 21.9 Å². The molecule has 0 fully saturated rings. The molecule has 0 amide bonds. The molecule has 1 rings (SSSR count). The summed E-state index contributed by atoms with van der Waals surface area (Å²) in [6.07, 6.45) is 0.913. The molecule has 0 spiro atoms. The van der Waals surface area contributed by atoms with E-state index in [0.717, 1.165) is 17.3 Å². The maximum absolute atomic E-state index is 11.8. The van der Waals surface area contributed by atoms with Gasteiger partial charge in [-0.3, -0.25) is 0 Å². The molecule has 0 aliphatic carbocycles. The number of carbonyl (C=O) groups is 1. The van der Waals surface area contributed by atoms with Crippen molar-refractivity contribution in [1.29, 1.82) is 0 Å². The van der Waals surface area contributed by atoms with Gasteiger partial charge < -0.3 is 4.74 Å². The highest BCUT2D eigenvalue weighted by molar-refractivity contribution is 9.09. The highest BCUT2D eigenvalue weighted by Crippen LogP contribution is 2.13. The molecule has 0 atom stereocenters. The van der Waals surface area contributed by atoms with E-state index in [9.17, 15) is 4.79 Å². The van der Waals surface area contributed by atoms with Gasteiger partial charge in [0.1, 0.15) is 5.60 Å². The SMILES string of the molecule is CC(C)(C)OC(=O)c1cccc(CCBr)c1. The summed E-state index contributed by atoms with van der Waals surface area (Å²) in [6, 6.07) is 7.56. The Morgan fingerprint density at radius 2 is 2.06 bits per heavy atom. The first kappa shape index (κ1) is 13.2. The Morgan fingerprint density at radius 3 is 2.62 bits per heavy atom. The van der Waals surface area contributed by atoms with Crippen molar-refractivity contribution in [2.75, 3.05) is 5.33 Å². The normalized spacial score (nSPS) is 11.2. The Labute approximate surface area is 105 Å². The molecule has 0 aromatic heterocycles. The number of hydrogen-bond acceptors (Lipinski definition) is 2. The molecule has 1 aromatic rings. The van der Waals surface area contributed by atoms with Crippen LogP contribution in [0.1, 0.15) is 36.7 Å². The number of hydrogen-bond donors (Lipinski definition) is 0. The lowest BCUT2D eigenvalue weighted by molar-refractivity contribution is 0.00694. The maximum Gasteiger partial charge on any atom is 0.338 e. The molecule has 0 radical (unpaired) electrons. The third-order valence-corrected chi connectivity index (χ3v) is 2.34. The lowest BCUT2D eigenvalue weighted by atomic mass is 10.1. The van der Waals surface area contributed by atoms with Gasteiger partial charge in [0.25, 0.3) is 0 Å². The largest absolute Gasteiger partial charge is 0.456 e. The molecular weight excluding hydrogens is 268 g/mol. The van der Waals surface area contributed by atoms with Gasteiger partial charge in [0, 0.05) is 5.33 Å². The molecule has 0 saturated heterocycles. The molecule has 0 aliphatic rings. The van der Waals surface area contributed by atoms with Crippen LogP contribution >= 0.6 is 15.9 Å². The second-order valence-corrected chi connectivity index (χ2v) is 5.43. The van der Waals surface area contributed by atoms with E-state index in [0.29, 0.717) is 5.56 Å². The fraction of sp³-hybridized carbons (Fsp3) is 0.462. The smallest absolute Gasteiger partial charge is 0.338 e. The van der Waals surface area contributed by atoms with Crippen LogP contribution in [0.3, 0.4) is 0 Å². The second-order valence-electron chi connectivity index (χ2n) is 4.64. The van der Waals surface area contributed by atoms with Crippen LogP contribution in [0.5, 0.6) is 0 Å². The van der Waals surface area contributed by atoms with E-state index in [-0.39, 0.29) is 5.97 Å². The van der Waals surface area contributed by atoms with Crippen LogP contribution < -0.4 is 0 Å². The van der Waals surface area contributed by atoms with Crippen LogP contribution in [0.15, 0.2) is 24.3 Å². The van der Waals surface area contributed by atoms with Gasteiger partial charge >= 0.3 is 5.97 Å². The lowest BCUT2D eigenvalue weighted by Gasteiger charge is -2.19. The van der Waals surface area contributed by atoms with Crippen LogP contribution in [-0.4, -0.2) is 16.9 Å². The van der Waals surface area contributed by atoms with Gasteiger partial charge in [-0.2, -0.15) is 0 Å². The molecule has 3 heteroatoms. The summed E-state index contributed by atoms with van der Waals surface area (Å²) in [5.41, 5.74) is 1.32. The molecule has 1 aromatic carbocycles. The number of esters is 1. The van der Waals surface area contributed by atoms with Crippen LogP contribution in [0.2, 0.25) is 0 Å². The Kier molecular flexibility index (Phi) is 4.54. The van der Waals surface area contributed by atoms with Crippen molar-refractivity contribution in [2.24, 2.45) is 0 Å². The van der Waals surface area contributed by atoms with Gasteiger partial charge in [-0.15, -0.1) is 0 Å². The molecule has 0 heterocycles. The van der Waals surface area contributed by atoms with Gasteiger partial charge in [0.2, 0.25) is 0 Å². The molecule has 2 nitrogen and oxygen atoms in total. The third-order valence-electron chi connectivity index (χ3n) is 1.94. The zero-order valence-corrected chi connectivity index (χ0v) is 11.5. The van der Waals surface area contributed by atoms with E-state index in [2.05, 4.69) is 15.9 Å². The minimum absolute atomic E-state index is 0.260. The molecule has 0 unspecified atom stereocenters. The Hall–Kier alpha value is -0.830. The van der Waals surface area contributed by atoms with Crippen molar-refractivity contribution in [2.45, 2.75) is 32.8 Å². The van der Waals surface area contributed by atoms with Crippen LogP contribution in [0, 0.1) is 0 Å². The summed E-state index contributed by atoms with van der Waals surface area (Å²) in [4.78, 5) is 11.8. The first-order chi connectivity index (χ1) is 7.42. The van der Waals surface area contributed by atoms with Crippen molar-refractivity contribution in [3.05, 3.63) is 35.4 Å². The number of benzene rings is 1. The summed E-state index contributed by atoms with van der Waals surface area (Å²) >= 11 is 3.38.